The standard InChI is InChI=1S/C28H24Cl6Si2/c29-35(30,31)13-5-11-23-25-15-19-7-1-2-8-20(19)16-26(25)24(12-6-14-36(32,33)34)28-18-22-10-4-3-9-21(22)17-27(23)28/h1-4,7-10,15-18H,5-6,11-14H2. The molecule has 0 bridgehead atoms. The van der Waals surface area contributed by atoms with Crippen LogP contribution in [0.15, 0.2) is 72.8 Å². The fourth-order valence-electron chi connectivity index (χ4n) is 5.24. The Hall–Kier alpha value is -0.686. The maximum atomic E-state index is 6.25. The van der Waals surface area contributed by atoms with E-state index in [0.29, 0.717) is 12.1 Å². The number of aryl methyl sites for hydroxylation is 2. The van der Waals surface area contributed by atoms with Gasteiger partial charge in [-0.1, -0.05) is 48.5 Å². The van der Waals surface area contributed by atoms with E-state index in [0.717, 1.165) is 25.7 Å². The molecule has 0 aliphatic carbocycles. The molecule has 0 aromatic heterocycles. The molecule has 5 aromatic carbocycles. The predicted octanol–water partition coefficient (Wildman–Crippen LogP) is 11.5. The lowest BCUT2D eigenvalue weighted by Gasteiger charge is -2.20. The smallest absolute Gasteiger partial charge is 0.126 e. The van der Waals surface area contributed by atoms with Gasteiger partial charge in [-0.05, 0) is 116 Å². The van der Waals surface area contributed by atoms with Gasteiger partial charge in [0.1, 0.15) is 0 Å². The number of benzene rings is 5. The Kier molecular flexibility index (Phi) is 8.09. The molecule has 0 radical (unpaired) electrons. The third-order valence-corrected chi connectivity index (χ3v) is 12.1. The van der Waals surface area contributed by atoms with Crippen molar-refractivity contribution in [1.82, 2.24) is 0 Å². The number of rotatable bonds is 8. The largest absolute Gasteiger partial charge is 0.341 e. The van der Waals surface area contributed by atoms with Gasteiger partial charge in [0.05, 0.1) is 0 Å². The van der Waals surface area contributed by atoms with Crippen molar-refractivity contribution in [1.29, 1.82) is 0 Å². The summed E-state index contributed by atoms with van der Waals surface area (Å²) >= 11 is 37.5. The highest BCUT2D eigenvalue weighted by molar-refractivity contribution is 7.65. The Labute approximate surface area is 241 Å². The zero-order valence-electron chi connectivity index (χ0n) is 19.4. The molecule has 0 unspecified atom stereocenters. The maximum absolute atomic E-state index is 6.25. The maximum Gasteiger partial charge on any atom is 0.341 e. The van der Waals surface area contributed by atoms with Crippen molar-refractivity contribution in [2.24, 2.45) is 0 Å². The zero-order chi connectivity index (χ0) is 25.5. The summed E-state index contributed by atoms with van der Waals surface area (Å²) in [6.45, 7) is 0. The molecule has 36 heavy (non-hydrogen) atoms. The van der Waals surface area contributed by atoms with Crippen molar-refractivity contribution < 1.29 is 0 Å². The lowest BCUT2D eigenvalue weighted by Crippen LogP contribution is -2.09. The second-order valence-corrected chi connectivity index (χ2v) is 27.9. The molecule has 5 aromatic rings. The summed E-state index contributed by atoms with van der Waals surface area (Å²) in [5, 5.41) is 9.96. The minimum absolute atomic E-state index is 0.636. The second-order valence-electron chi connectivity index (χ2n) is 9.38. The van der Waals surface area contributed by atoms with Crippen LogP contribution < -0.4 is 0 Å². The molecule has 5 rings (SSSR count). The summed E-state index contributed by atoms with van der Waals surface area (Å²) in [4.78, 5) is 0. The van der Waals surface area contributed by atoms with Crippen molar-refractivity contribution in [3.05, 3.63) is 83.9 Å². The minimum Gasteiger partial charge on any atom is -0.126 e. The van der Waals surface area contributed by atoms with Gasteiger partial charge in [0.2, 0.25) is 0 Å². The Morgan fingerprint density at radius 2 is 0.722 bits per heavy atom. The summed E-state index contributed by atoms with van der Waals surface area (Å²) in [6.07, 6.45) is 3.38. The monoisotopic (exact) mass is 626 g/mol. The van der Waals surface area contributed by atoms with E-state index in [-0.39, 0.29) is 0 Å². The highest BCUT2D eigenvalue weighted by atomic mass is 35.8. The SMILES string of the molecule is Cl[Si](Cl)(Cl)CCCc1c2cc3ccccc3cc2c(CCC[Si](Cl)(Cl)Cl)c2cc3ccccc3cc12. The van der Waals surface area contributed by atoms with Gasteiger partial charge < -0.3 is 0 Å². The molecule has 0 nitrogen and oxygen atoms in total. The topological polar surface area (TPSA) is 0 Å². The summed E-state index contributed by atoms with van der Waals surface area (Å²) < 4.78 is 0. The third kappa shape index (κ3) is 6.13. The average Bonchev–Trinajstić information content (AvgIpc) is 2.81. The van der Waals surface area contributed by atoms with Crippen molar-refractivity contribution in [2.45, 2.75) is 37.8 Å². The number of fused-ring (bicyclic) bond motifs is 4. The van der Waals surface area contributed by atoms with Crippen molar-refractivity contribution in [3.63, 3.8) is 0 Å². The molecule has 8 heteroatoms. The first kappa shape index (κ1) is 26.9. The van der Waals surface area contributed by atoms with Crippen LogP contribution in [0, 0.1) is 0 Å². The molecule has 0 saturated carbocycles. The van der Waals surface area contributed by atoms with E-state index in [9.17, 15) is 0 Å². The lowest BCUT2D eigenvalue weighted by molar-refractivity contribution is 0.920. The first-order valence-corrected chi connectivity index (χ1v) is 22.5. The van der Waals surface area contributed by atoms with Crippen LogP contribution in [0.5, 0.6) is 0 Å². The van der Waals surface area contributed by atoms with Gasteiger partial charge in [-0.25, -0.2) is 0 Å². The molecule has 186 valence electrons. The van der Waals surface area contributed by atoms with Crippen LogP contribution in [0.1, 0.15) is 24.0 Å². The highest BCUT2D eigenvalue weighted by Gasteiger charge is 2.26. The van der Waals surface area contributed by atoms with Crippen LogP contribution in [0.25, 0.3) is 43.1 Å². The lowest BCUT2D eigenvalue weighted by atomic mass is 9.86. The van der Waals surface area contributed by atoms with E-state index >= 15 is 0 Å². The molecule has 0 fully saturated rings. The predicted molar refractivity (Wildman–Crippen MR) is 169 cm³/mol. The summed E-state index contributed by atoms with van der Waals surface area (Å²) in [7, 11) is 0. The molecule has 0 heterocycles. The van der Waals surface area contributed by atoms with Crippen LogP contribution in [0.3, 0.4) is 0 Å². The third-order valence-electron chi connectivity index (χ3n) is 6.85. The van der Waals surface area contributed by atoms with Crippen LogP contribution in [-0.2, 0) is 12.8 Å². The van der Waals surface area contributed by atoms with Gasteiger partial charge in [0.25, 0.3) is 0 Å². The van der Waals surface area contributed by atoms with Crippen molar-refractivity contribution in [3.8, 4) is 0 Å². The fraction of sp³-hybridized carbons (Fsp3) is 0.214. The number of hydrogen-bond donors (Lipinski definition) is 0. The molecule has 0 atom stereocenters. The van der Waals surface area contributed by atoms with Crippen LogP contribution in [0.2, 0.25) is 12.1 Å². The number of halogens is 6. The minimum atomic E-state index is -2.70. The van der Waals surface area contributed by atoms with Crippen LogP contribution in [0.4, 0.5) is 0 Å². The van der Waals surface area contributed by atoms with Gasteiger partial charge in [-0.15, -0.1) is 66.5 Å². The Morgan fingerprint density at radius 3 is 0.972 bits per heavy atom. The highest BCUT2D eigenvalue weighted by Crippen LogP contribution is 2.40. The summed E-state index contributed by atoms with van der Waals surface area (Å²) in [6, 6.07) is 22.2. The van der Waals surface area contributed by atoms with Gasteiger partial charge in [0.15, 0.2) is 0 Å². The van der Waals surface area contributed by atoms with Gasteiger partial charge in [-0.3, -0.25) is 0 Å². The normalized spacial score (nSPS) is 12.8. The zero-order valence-corrected chi connectivity index (χ0v) is 26.0. The molecule has 0 saturated heterocycles. The van der Waals surface area contributed by atoms with Crippen molar-refractivity contribution in [2.75, 3.05) is 0 Å². The van der Waals surface area contributed by atoms with Gasteiger partial charge in [0, 0.05) is 0 Å². The van der Waals surface area contributed by atoms with E-state index in [2.05, 4.69) is 72.8 Å². The second kappa shape index (κ2) is 10.8. The van der Waals surface area contributed by atoms with Crippen LogP contribution in [-0.4, -0.2) is 12.0 Å². The van der Waals surface area contributed by atoms with E-state index in [4.69, 9.17) is 66.5 Å². The first-order valence-electron chi connectivity index (χ1n) is 12.0. The molecule has 0 N–H and O–H groups in total. The molecule has 0 aliphatic rings. The molecule has 0 amide bonds. The van der Waals surface area contributed by atoms with E-state index < -0.39 is 12.0 Å². The Morgan fingerprint density at radius 1 is 0.444 bits per heavy atom. The van der Waals surface area contributed by atoms with E-state index in [1.807, 2.05) is 0 Å². The van der Waals surface area contributed by atoms with Gasteiger partial charge >= 0.3 is 12.0 Å². The van der Waals surface area contributed by atoms with E-state index in [1.165, 1.54) is 54.2 Å². The Bertz CT molecular complexity index is 1360. The first-order chi connectivity index (χ1) is 17.1. The summed E-state index contributed by atoms with van der Waals surface area (Å²) in [5.41, 5.74) is 2.64. The Balaban J connectivity index is 1.79. The molecular formula is C28H24Cl6Si2. The quantitative estimate of drug-likeness (QED) is 0.0910. The average molecular weight is 629 g/mol. The van der Waals surface area contributed by atoms with Gasteiger partial charge in [-0.2, -0.15) is 0 Å². The van der Waals surface area contributed by atoms with Crippen LogP contribution >= 0.6 is 66.5 Å². The molecule has 0 aliphatic heterocycles. The molecule has 0 spiro atoms. The van der Waals surface area contributed by atoms with Crippen molar-refractivity contribution >= 4 is 122 Å². The van der Waals surface area contributed by atoms with E-state index in [1.54, 1.807) is 0 Å². The molecular weight excluding hydrogens is 605 g/mol. The fourth-order valence-corrected chi connectivity index (χ4v) is 8.80. The summed E-state index contributed by atoms with van der Waals surface area (Å²) in [5.74, 6) is 0. The number of hydrogen-bond acceptors (Lipinski definition) is 0.